The Hall–Kier alpha value is -0.520. The summed E-state index contributed by atoms with van der Waals surface area (Å²) in [4.78, 5) is 4.07. The van der Waals surface area contributed by atoms with Crippen molar-refractivity contribution in [3.05, 3.63) is 33.8 Å². The van der Waals surface area contributed by atoms with Gasteiger partial charge < -0.3 is 0 Å². The van der Waals surface area contributed by atoms with Gasteiger partial charge in [0.2, 0.25) is 4.73 Å². The van der Waals surface area contributed by atoms with Gasteiger partial charge >= 0.3 is 0 Å². The van der Waals surface area contributed by atoms with E-state index in [2.05, 4.69) is 25.3 Å². The van der Waals surface area contributed by atoms with E-state index in [1.165, 1.54) is 23.7 Å². The van der Waals surface area contributed by atoms with Crippen LogP contribution in [-0.2, 0) is 0 Å². The van der Waals surface area contributed by atoms with Gasteiger partial charge in [-0.05, 0) is 39.6 Å². The van der Waals surface area contributed by atoms with E-state index >= 15 is 0 Å². The highest BCUT2D eigenvalue weighted by atomic mass is 79.9. The zero-order valence-electron chi connectivity index (χ0n) is 6.67. The van der Waals surface area contributed by atoms with Gasteiger partial charge in [-0.25, -0.2) is 9.37 Å². The van der Waals surface area contributed by atoms with Crippen molar-refractivity contribution < 1.29 is 4.39 Å². The van der Waals surface area contributed by atoms with E-state index < -0.39 is 5.82 Å². The summed E-state index contributed by atoms with van der Waals surface area (Å²) in [7, 11) is 0. The molecule has 2 rings (SSSR count). The maximum Gasteiger partial charge on any atom is 0.209 e. The lowest BCUT2D eigenvalue weighted by Crippen LogP contribution is -1.80. The monoisotopic (exact) mass is 292 g/mol. The Kier molecular flexibility index (Phi) is 2.80. The lowest BCUT2D eigenvalue weighted by atomic mass is 10.2. The average molecular weight is 294 g/mol. The van der Waals surface area contributed by atoms with Gasteiger partial charge in [0.1, 0.15) is 10.8 Å². The maximum absolute atomic E-state index is 13.1. The summed E-state index contributed by atoms with van der Waals surface area (Å²) >= 11 is 9.89. The first-order valence-corrected chi connectivity index (χ1v) is 5.56. The standard InChI is InChI=1S/C8H3BrClFN2S/c9-8-12-7(14-13-8)4-1-2-5(10)6(11)3-4/h1-3H. The molecule has 0 saturated heterocycles. The van der Waals surface area contributed by atoms with Gasteiger partial charge in [0.25, 0.3) is 0 Å². The van der Waals surface area contributed by atoms with Crippen molar-refractivity contribution in [3.8, 4) is 10.6 Å². The molecule has 14 heavy (non-hydrogen) atoms. The van der Waals surface area contributed by atoms with Crippen LogP contribution in [0.3, 0.4) is 0 Å². The van der Waals surface area contributed by atoms with Gasteiger partial charge in [-0.3, -0.25) is 0 Å². The van der Waals surface area contributed by atoms with Crippen LogP contribution in [0.2, 0.25) is 5.02 Å². The van der Waals surface area contributed by atoms with Crippen LogP contribution in [0.5, 0.6) is 0 Å². The molecule has 1 aromatic heterocycles. The number of aromatic nitrogens is 2. The molecule has 2 nitrogen and oxygen atoms in total. The average Bonchev–Trinajstić information content (AvgIpc) is 2.57. The number of hydrogen-bond donors (Lipinski definition) is 0. The van der Waals surface area contributed by atoms with Crippen molar-refractivity contribution in [3.63, 3.8) is 0 Å². The first kappa shape index (κ1) is 10.0. The number of benzene rings is 1. The van der Waals surface area contributed by atoms with Crippen LogP contribution < -0.4 is 0 Å². The number of hydrogen-bond acceptors (Lipinski definition) is 3. The van der Waals surface area contributed by atoms with Crippen LogP contribution in [0.1, 0.15) is 0 Å². The summed E-state index contributed by atoms with van der Waals surface area (Å²) in [5, 5.41) is 0.768. The number of nitrogens with zero attached hydrogens (tertiary/aromatic N) is 2. The lowest BCUT2D eigenvalue weighted by molar-refractivity contribution is 0.629. The van der Waals surface area contributed by atoms with Gasteiger partial charge in [-0.15, -0.1) is 0 Å². The summed E-state index contributed by atoms with van der Waals surface area (Å²) in [6, 6.07) is 4.55. The smallest absolute Gasteiger partial charge is 0.209 e. The predicted octanol–water partition coefficient (Wildman–Crippen LogP) is 3.76. The lowest BCUT2D eigenvalue weighted by Gasteiger charge is -1.96. The summed E-state index contributed by atoms with van der Waals surface area (Å²) in [6.45, 7) is 0. The van der Waals surface area contributed by atoms with E-state index in [4.69, 9.17) is 11.6 Å². The van der Waals surface area contributed by atoms with E-state index in [1.54, 1.807) is 6.07 Å². The summed E-state index contributed by atoms with van der Waals surface area (Å²) in [5.74, 6) is -0.449. The minimum atomic E-state index is -0.449. The van der Waals surface area contributed by atoms with Gasteiger partial charge in [-0.1, -0.05) is 17.7 Å². The Morgan fingerprint density at radius 2 is 2.21 bits per heavy atom. The summed E-state index contributed by atoms with van der Waals surface area (Å²) in [5.41, 5.74) is 0.676. The van der Waals surface area contributed by atoms with E-state index in [1.807, 2.05) is 0 Å². The molecule has 0 aliphatic rings. The fourth-order valence-electron chi connectivity index (χ4n) is 0.952. The zero-order valence-corrected chi connectivity index (χ0v) is 9.83. The third kappa shape index (κ3) is 1.94. The topological polar surface area (TPSA) is 25.8 Å². The van der Waals surface area contributed by atoms with E-state index in [0.29, 0.717) is 15.3 Å². The Labute approximate surface area is 97.0 Å². The van der Waals surface area contributed by atoms with Crippen molar-refractivity contribution in [1.82, 2.24) is 9.36 Å². The van der Waals surface area contributed by atoms with Crippen molar-refractivity contribution in [1.29, 1.82) is 0 Å². The molecule has 2 aromatic rings. The Morgan fingerprint density at radius 1 is 1.43 bits per heavy atom. The molecule has 0 aliphatic heterocycles. The molecule has 0 unspecified atom stereocenters. The quantitative estimate of drug-likeness (QED) is 0.800. The fourth-order valence-corrected chi connectivity index (χ4v) is 2.14. The number of rotatable bonds is 1. The van der Waals surface area contributed by atoms with Crippen molar-refractivity contribution in [2.45, 2.75) is 0 Å². The van der Waals surface area contributed by atoms with Crippen molar-refractivity contribution >= 4 is 39.1 Å². The highest BCUT2D eigenvalue weighted by Crippen LogP contribution is 2.26. The first-order chi connectivity index (χ1) is 6.66. The molecule has 0 atom stereocenters. The van der Waals surface area contributed by atoms with Gasteiger partial charge in [-0.2, -0.15) is 4.37 Å². The molecule has 0 N–H and O–H groups in total. The van der Waals surface area contributed by atoms with Crippen molar-refractivity contribution in [2.75, 3.05) is 0 Å². The largest absolute Gasteiger partial charge is 0.209 e. The van der Waals surface area contributed by atoms with Crippen LogP contribution in [0.15, 0.2) is 22.9 Å². The Bertz CT molecular complexity index is 474. The molecular formula is C8H3BrClFN2S. The molecule has 0 saturated carbocycles. The molecule has 1 aromatic carbocycles. The summed E-state index contributed by atoms with van der Waals surface area (Å²) < 4.78 is 17.5. The molecule has 0 bridgehead atoms. The zero-order chi connectivity index (χ0) is 10.1. The van der Waals surface area contributed by atoms with Crippen LogP contribution in [0, 0.1) is 5.82 Å². The molecule has 6 heteroatoms. The minimum absolute atomic E-state index is 0.109. The van der Waals surface area contributed by atoms with E-state index in [9.17, 15) is 4.39 Å². The van der Waals surface area contributed by atoms with Crippen LogP contribution in [0.25, 0.3) is 10.6 Å². The molecule has 72 valence electrons. The summed E-state index contributed by atoms with van der Waals surface area (Å²) in [6.07, 6.45) is 0. The van der Waals surface area contributed by atoms with E-state index in [0.717, 1.165) is 0 Å². The highest BCUT2D eigenvalue weighted by molar-refractivity contribution is 9.10. The Balaban J connectivity index is 2.47. The fraction of sp³-hybridized carbons (Fsp3) is 0. The molecular weight excluding hydrogens is 291 g/mol. The molecule has 0 aliphatic carbocycles. The van der Waals surface area contributed by atoms with Gasteiger partial charge in [0.05, 0.1) is 5.02 Å². The van der Waals surface area contributed by atoms with Crippen molar-refractivity contribution in [2.24, 2.45) is 0 Å². The second-order valence-electron chi connectivity index (χ2n) is 2.50. The molecule has 0 fully saturated rings. The second-order valence-corrected chi connectivity index (χ2v) is 4.37. The predicted molar refractivity (Wildman–Crippen MR) is 58.0 cm³/mol. The minimum Gasteiger partial charge on any atom is -0.209 e. The molecule has 1 heterocycles. The molecule has 0 spiro atoms. The third-order valence-electron chi connectivity index (χ3n) is 1.57. The maximum atomic E-state index is 13.1. The SMILES string of the molecule is Fc1cc(-c2nc(Br)ns2)ccc1Cl. The van der Waals surface area contributed by atoms with Crippen LogP contribution in [0.4, 0.5) is 4.39 Å². The second kappa shape index (κ2) is 3.92. The van der Waals surface area contributed by atoms with Crippen LogP contribution in [-0.4, -0.2) is 9.36 Å². The molecule has 0 amide bonds. The molecule has 0 radical (unpaired) electrons. The van der Waals surface area contributed by atoms with E-state index in [-0.39, 0.29) is 5.02 Å². The van der Waals surface area contributed by atoms with Gasteiger partial charge in [0.15, 0.2) is 0 Å². The Morgan fingerprint density at radius 3 is 2.79 bits per heavy atom. The first-order valence-electron chi connectivity index (χ1n) is 3.61. The van der Waals surface area contributed by atoms with Gasteiger partial charge in [0, 0.05) is 5.56 Å². The third-order valence-corrected chi connectivity index (χ3v) is 3.23. The highest BCUT2D eigenvalue weighted by Gasteiger charge is 2.07. The normalized spacial score (nSPS) is 10.5. The number of halogens is 3. The van der Waals surface area contributed by atoms with Crippen LogP contribution >= 0.6 is 39.1 Å².